The van der Waals surface area contributed by atoms with Gasteiger partial charge in [0.05, 0.1) is 17.8 Å². The molecule has 106 valence electrons. The zero-order chi connectivity index (χ0) is 14.7. The molecule has 0 fully saturated rings. The second-order valence-electron chi connectivity index (χ2n) is 4.09. The highest BCUT2D eigenvalue weighted by molar-refractivity contribution is 6.33. The van der Waals surface area contributed by atoms with Crippen LogP contribution in [0.1, 0.15) is 5.56 Å². The lowest BCUT2D eigenvalue weighted by molar-refractivity contribution is 0.371. The first-order chi connectivity index (χ1) is 9.51. The van der Waals surface area contributed by atoms with Gasteiger partial charge in [-0.2, -0.15) is 0 Å². The monoisotopic (exact) mass is 315 g/mol. The molecule has 3 nitrogen and oxygen atoms in total. The van der Waals surface area contributed by atoms with Crippen molar-refractivity contribution in [3.63, 3.8) is 0 Å². The standard InChI is InChI=1S/C14H12Cl2FNO2/c1-20-13-5-9(15)4-8(14(13)19)7-18-12-3-2-10(17)6-11(12)16/h2-6,18-19H,7H2,1H3. The van der Waals surface area contributed by atoms with Crippen molar-refractivity contribution in [3.05, 3.63) is 51.8 Å². The van der Waals surface area contributed by atoms with Gasteiger partial charge in [0.25, 0.3) is 0 Å². The maximum atomic E-state index is 12.9. The molecule has 2 aromatic carbocycles. The number of hydrogen-bond donors (Lipinski definition) is 2. The molecule has 2 aromatic rings. The van der Waals surface area contributed by atoms with Gasteiger partial charge in [-0.05, 0) is 24.3 Å². The molecule has 0 unspecified atom stereocenters. The Labute approximate surface area is 125 Å². The van der Waals surface area contributed by atoms with Crippen LogP contribution in [0.5, 0.6) is 11.5 Å². The topological polar surface area (TPSA) is 41.5 Å². The minimum Gasteiger partial charge on any atom is -0.504 e. The number of hydrogen-bond acceptors (Lipinski definition) is 3. The number of phenolic OH excluding ortho intramolecular Hbond substituents is 1. The van der Waals surface area contributed by atoms with E-state index in [0.29, 0.717) is 22.0 Å². The second-order valence-corrected chi connectivity index (χ2v) is 4.94. The Morgan fingerprint density at radius 1 is 1.25 bits per heavy atom. The van der Waals surface area contributed by atoms with Crippen LogP contribution < -0.4 is 10.1 Å². The van der Waals surface area contributed by atoms with E-state index in [4.69, 9.17) is 27.9 Å². The molecule has 0 aliphatic rings. The largest absolute Gasteiger partial charge is 0.504 e. The molecule has 0 heterocycles. The predicted molar refractivity (Wildman–Crippen MR) is 78.4 cm³/mol. The third-order valence-corrected chi connectivity index (χ3v) is 3.27. The molecule has 0 spiro atoms. The van der Waals surface area contributed by atoms with E-state index in [2.05, 4.69) is 5.32 Å². The number of aromatic hydroxyl groups is 1. The fourth-order valence-corrected chi connectivity index (χ4v) is 2.21. The molecule has 0 bridgehead atoms. The summed E-state index contributed by atoms with van der Waals surface area (Å²) in [6, 6.07) is 7.17. The molecular formula is C14H12Cl2FNO2. The number of methoxy groups -OCH3 is 1. The molecule has 0 saturated carbocycles. The number of benzene rings is 2. The number of anilines is 1. The lowest BCUT2D eigenvalue weighted by Crippen LogP contribution is -2.01. The molecule has 6 heteroatoms. The summed E-state index contributed by atoms with van der Waals surface area (Å²) in [6.45, 7) is 0.272. The zero-order valence-electron chi connectivity index (χ0n) is 10.6. The summed E-state index contributed by atoms with van der Waals surface area (Å²) in [6.07, 6.45) is 0. The quantitative estimate of drug-likeness (QED) is 0.875. The van der Waals surface area contributed by atoms with Crippen LogP contribution in [0.25, 0.3) is 0 Å². The van der Waals surface area contributed by atoms with Crippen LogP contribution in [-0.2, 0) is 6.54 Å². The molecule has 20 heavy (non-hydrogen) atoms. The Bertz CT molecular complexity index is 635. The van der Waals surface area contributed by atoms with Crippen LogP contribution in [0, 0.1) is 5.82 Å². The fraction of sp³-hybridized carbons (Fsp3) is 0.143. The van der Waals surface area contributed by atoms with Gasteiger partial charge < -0.3 is 15.2 Å². The number of rotatable bonds is 4. The van der Waals surface area contributed by atoms with Crippen molar-refractivity contribution in [2.75, 3.05) is 12.4 Å². The second kappa shape index (κ2) is 6.20. The highest BCUT2D eigenvalue weighted by Gasteiger charge is 2.10. The summed E-state index contributed by atoms with van der Waals surface area (Å²) in [4.78, 5) is 0. The maximum Gasteiger partial charge on any atom is 0.162 e. The molecule has 0 aliphatic carbocycles. The van der Waals surface area contributed by atoms with Crippen molar-refractivity contribution in [1.82, 2.24) is 0 Å². The maximum absolute atomic E-state index is 12.9. The van der Waals surface area contributed by atoms with Gasteiger partial charge in [-0.25, -0.2) is 4.39 Å². The van der Waals surface area contributed by atoms with Crippen LogP contribution in [-0.4, -0.2) is 12.2 Å². The average Bonchev–Trinajstić information content (AvgIpc) is 2.41. The highest BCUT2D eigenvalue weighted by atomic mass is 35.5. The Kier molecular flexibility index (Phi) is 4.57. The van der Waals surface area contributed by atoms with Gasteiger partial charge >= 0.3 is 0 Å². The number of halogens is 3. The van der Waals surface area contributed by atoms with E-state index in [1.807, 2.05) is 0 Å². The van der Waals surface area contributed by atoms with E-state index in [-0.39, 0.29) is 17.3 Å². The van der Waals surface area contributed by atoms with Crippen molar-refractivity contribution in [1.29, 1.82) is 0 Å². The van der Waals surface area contributed by atoms with E-state index in [1.54, 1.807) is 6.07 Å². The first-order valence-electron chi connectivity index (χ1n) is 5.75. The smallest absolute Gasteiger partial charge is 0.162 e. The minimum absolute atomic E-state index is 0.00244. The summed E-state index contributed by atoms with van der Waals surface area (Å²) in [5.74, 6) is -0.116. The van der Waals surface area contributed by atoms with Crippen LogP contribution in [0.15, 0.2) is 30.3 Å². The van der Waals surface area contributed by atoms with Crippen molar-refractivity contribution < 1.29 is 14.2 Å². The lowest BCUT2D eigenvalue weighted by Gasteiger charge is -2.12. The van der Waals surface area contributed by atoms with Crippen molar-refractivity contribution in [2.24, 2.45) is 0 Å². The van der Waals surface area contributed by atoms with Crippen molar-refractivity contribution in [2.45, 2.75) is 6.54 Å². The first kappa shape index (κ1) is 14.8. The van der Waals surface area contributed by atoms with Gasteiger partial charge in [-0.3, -0.25) is 0 Å². The number of ether oxygens (including phenoxy) is 1. The van der Waals surface area contributed by atoms with Gasteiger partial charge in [0.1, 0.15) is 5.82 Å². The van der Waals surface area contributed by atoms with Gasteiger partial charge in [0.2, 0.25) is 0 Å². The molecule has 0 amide bonds. The van der Waals surface area contributed by atoms with Gasteiger partial charge in [-0.1, -0.05) is 23.2 Å². The van der Waals surface area contributed by atoms with Gasteiger partial charge in [0.15, 0.2) is 11.5 Å². The van der Waals surface area contributed by atoms with Crippen LogP contribution >= 0.6 is 23.2 Å². The molecule has 0 aromatic heterocycles. The van der Waals surface area contributed by atoms with Crippen LogP contribution in [0.4, 0.5) is 10.1 Å². The third-order valence-electron chi connectivity index (χ3n) is 2.74. The first-order valence-corrected chi connectivity index (χ1v) is 6.51. The van der Waals surface area contributed by atoms with Crippen LogP contribution in [0.3, 0.4) is 0 Å². The van der Waals surface area contributed by atoms with Gasteiger partial charge in [0, 0.05) is 23.2 Å². The Morgan fingerprint density at radius 2 is 2.00 bits per heavy atom. The molecular weight excluding hydrogens is 304 g/mol. The molecule has 2 rings (SSSR count). The molecule has 0 aliphatic heterocycles. The lowest BCUT2D eigenvalue weighted by atomic mass is 10.1. The number of nitrogens with one attached hydrogen (secondary N) is 1. The van der Waals surface area contributed by atoms with E-state index >= 15 is 0 Å². The third kappa shape index (κ3) is 3.26. The van der Waals surface area contributed by atoms with Crippen molar-refractivity contribution in [3.8, 4) is 11.5 Å². The van der Waals surface area contributed by atoms with Crippen molar-refractivity contribution >= 4 is 28.9 Å². The zero-order valence-corrected chi connectivity index (χ0v) is 12.1. The molecule has 0 saturated heterocycles. The normalized spacial score (nSPS) is 10.4. The van der Waals surface area contributed by atoms with Gasteiger partial charge in [-0.15, -0.1) is 0 Å². The average molecular weight is 316 g/mol. The Morgan fingerprint density at radius 3 is 2.65 bits per heavy atom. The summed E-state index contributed by atoms with van der Waals surface area (Å²) >= 11 is 11.8. The van der Waals surface area contributed by atoms with E-state index in [1.165, 1.54) is 31.4 Å². The highest BCUT2D eigenvalue weighted by Crippen LogP contribution is 2.34. The Balaban J connectivity index is 2.20. The van der Waals surface area contributed by atoms with Crippen LogP contribution in [0.2, 0.25) is 10.0 Å². The molecule has 0 atom stereocenters. The van der Waals surface area contributed by atoms with E-state index in [9.17, 15) is 9.50 Å². The summed E-state index contributed by atoms with van der Waals surface area (Å²) < 4.78 is 18.0. The Hall–Kier alpha value is -1.65. The predicted octanol–water partition coefficient (Wildman–Crippen LogP) is 4.46. The number of phenols is 1. The fourth-order valence-electron chi connectivity index (χ4n) is 1.74. The molecule has 0 radical (unpaired) electrons. The molecule has 2 N–H and O–H groups in total. The summed E-state index contributed by atoms with van der Waals surface area (Å²) in [5.41, 5.74) is 1.11. The van der Waals surface area contributed by atoms with E-state index < -0.39 is 5.82 Å². The minimum atomic E-state index is -0.409. The SMILES string of the molecule is COc1cc(Cl)cc(CNc2ccc(F)cc2Cl)c1O. The summed E-state index contributed by atoms with van der Waals surface area (Å²) in [7, 11) is 1.44. The van der Waals surface area contributed by atoms with E-state index in [0.717, 1.165) is 0 Å². The summed E-state index contributed by atoms with van der Waals surface area (Å²) in [5, 5.41) is 13.7.